The highest BCUT2D eigenvalue weighted by molar-refractivity contribution is 7.92. The van der Waals surface area contributed by atoms with Crippen molar-refractivity contribution in [2.75, 3.05) is 24.9 Å². The van der Waals surface area contributed by atoms with E-state index in [1.54, 1.807) is 0 Å². The molecule has 0 aliphatic heterocycles. The molecule has 7 nitrogen and oxygen atoms in total. The Hall–Kier alpha value is -2.36. The van der Waals surface area contributed by atoms with Crippen molar-refractivity contribution in [2.24, 2.45) is 4.36 Å². The normalized spacial score (nSPS) is 13.8. The Balaban J connectivity index is 2.41. The average Bonchev–Trinajstić information content (AvgIpc) is 3.13. The van der Waals surface area contributed by atoms with Crippen molar-refractivity contribution in [2.45, 2.75) is 29.8 Å². The summed E-state index contributed by atoms with van der Waals surface area (Å²) in [5.41, 5.74) is -0.0461. The maximum Gasteiger partial charge on any atom is 0.460 e. The summed E-state index contributed by atoms with van der Waals surface area (Å²) in [6.07, 6.45) is -2.30. The third kappa shape index (κ3) is 5.96. The van der Waals surface area contributed by atoms with Crippen LogP contribution in [-0.4, -0.2) is 65.3 Å². The van der Waals surface area contributed by atoms with Crippen LogP contribution in [0.3, 0.4) is 0 Å². The summed E-state index contributed by atoms with van der Waals surface area (Å²) in [4.78, 5) is -0.321. The molecule has 2 aromatic rings. The van der Waals surface area contributed by atoms with Gasteiger partial charge < -0.3 is 4.74 Å². The number of rotatable bonds is 8. The first-order valence-electron chi connectivity index (χ1n) is 8.85. The van der Waals surface area contributed by atoms with Crippen molar-refractivity contribution >= 4 is 25.3 Å². The first-order chi connectivity index (χ1) is 14.8. The summed E-state index contributed by atoms with van der Waals surface area (Å²) in [5.74, 6) is -12.9. The first-order valence-corrected chi connectivity index (χ1v) is 12.8. The topological polar surface area (TPSA) is 90.6 Å². The van der Waals surface area contributed by atoms with Gasteiger partial charge in [0.1, 0.15) is 0 Å². The molecule has 0 amide bonds. The van der Waals surface area contributed by atoms with Gasteiger partial charge in [0.05, 0.1) is 34.4 Å². The van der Waals surface area contributed by atoms with Crippen molar-refractivity contribution < 1.29 is 48.1 Å². The number of aromatic nitrogens is 2. The molecular weight excluding hydrogens is 507 g/mol. The fourth-order valence-electron chi connectivity index (χ4n) is 2.39. The third-order valence-corrected chi connectivity index (χ3v) is 6.43. The van der Waals surface area contributed by atoms with Crippen LogP contribution in [0.1, 0.15) is 6.92 Å². The van der Waals surface area contributed by atoms with Gasteiger partial charge in [0, 0.05) is 22.2 Å². The monoisotopic (exact) mass is 525 g/mol. The van der Waals surface area contributed by atoms with Crippen LogP contribution in [0.5, 0.6) is 5.75 Å². The van der Waals surface area contributed by atoms with Crippen LogP contribution < -0.4 is 4.74 Å². The summed E-state index contributed by atoms with van der Waals surface area (Å²) < 4.78 is 136. The van der Waals surface area contributed by atoms with Crippen molar-refractivity contribution in [3.63, 3.8) is 0 Å². The molecule has 0 aliphatic carbocycles. The molecule has 1 aromatic carbocycles. The van der Waals surface area contributed by atoms with Gasteiger partial charge in [-0.3, -0.25) is 0 Å². The van der Waals surface area contributed by atoms with Gasteiger partial charge in [0.2, 0.25) is 0 Å². The average molecular weight is 525 g/mol. The first kappa shape index (κ1) is 26.9. The summed E-state index contributed by atoms with van der Waals surface area (Å²) in [6, 6.07) is 3.63. The molecule has 0 N–H and O–H groups in total. The number of alkyl halides is 7. The lowest BCUT2D eigenvalue weighted by atomic mass is 10.2. The quantitative estimate of drug-likeness (QED) is 0.481. The summed E-state index contributed by atoms with van der Waals surface area (Å²) in [7, 11) is -6.55. The molecule has 16 heteroatoms. The van der Waals surface area contributed by atoms with Gasteiger partial charge in [0.15, 0.2) is 22.2 Å². The molecule has 0 saturated heterocycles. The van der Waals surface area contributed by atoms with E-state index in [4.69, 9.17) is 0 Å². The van der Waals surface area contributed by atoms with Gasteiger partial charge in [-0.05, 0) is 18.2 Å². The third-order valence-electron chi connectivity index (χ3n) is 4.02. The maximum atomic E-state index is 13.4. The summed E-state index contributed by atoms with van der Waals surface area (Å²) in [5, 5.41) is 3.70. The zero-order valence-electron chi connectivity index (χ0n) is 17.2. The molecule has 1 aromatic heterocycles. The van der Waals surface area contributed by atoms with Crippen LogP contribution in [0, 0.1) is 0 Å². The van der Waals surface area contributed by atoms with Crippen LogP contribution in [0.15, 0.2) is 39.9 Å². The molecule has 0 fully saturated rings. The zero-order valence-corrected chi connectivity index (χ0v) is 18.9. The maximum absolute atomic E-state index is 13.4. The van der Waals surface area contributed by atoms with Crippen molar-refractivity contribution in [3.8, 4) is 11.4 Å². The van der Waals surface area contributed by atoms with Gasteiger partial charge in [-0.2, -0.15) is 40.2 Å². The highest BCUT2D eigenvalue weighted by Gasteiger charge is 2.73. The molecule has 0 aliphatic rings. The molecule has 0 radical (unpaired) electrons. The number of halogens is 7. The largest absolute Gasteiger partial charge is 0.484 e. The Kier molecular flexibility index (Phi) is 7.15. The van der Waals surface area contributed by atoms with E-state index in [2.05, 4.69) is 14.2 Å². The minimum Gasteiger partial charge on any atom is -0.484 e. The summed E-state index contributed by atoms with van der Waals surface area (Å²) in [6.45, 7) is -0.975. The molecular formula is C17H18F7N3O4S2. The van der Waals surface area contributed by atoms with E-state index >= 15 is 0 Å². The van der Waals surface area contributed by atoms with E-state index in [-0.39, 0.29) is 22.0 Å². The second kappa shape index (κ2) is 8.77. The molecule has 0 saturated carbocycles. The number of sulfone groups is 1. The smallest absolute Gasteiger partial charge is 0.460 e. The van der Waals surface area contributed by atoms with E-state index in [1.165, 1.54) is 31.6 Å². The van der Waals surface area contributed by atoms with Gasteiger partial charge in [-0.25, -0.2) is 17.3 Å². The molecule has 186 valence electrons. The fraction of sp³-hybridized carbons (Fsp3) is 0.471. The summed E-state index contributed by atoms with van der Waals surface area (Å²) >= 11 is 0. The van der Waals surface area contributed by atoms with Gasteiger partial charge in [-0.15, -0.1) is 0 Å². The Labute approximate surface area is 184 Å². The molecule has 33 heavy (non-hydrogen) atoms. The molecule has 0 atom stereocenters. The second-order valence-electron chi connectivity index (χ2n) is 7.01. The highest BCUT2D eigenvalue weighted by Crippen LogP contribution is 2.46. The fourth-order valence-corrected chi connectivity index (χ4v) is 4.10. The van der Waals surface area contributed by atoms with Crippen molar-refractivity contribution in [1.29, 1.82) is 0 Å². The Morgan fingerprint density at radius 3 is 2.18 bits per heavy atom. The lowest BCUT2D eigenvalue weighted by Crippen LogP contribution is -2.54. The number of hydrogen-bond donors (Lipinski definition) is 0. The van der Waals surface area contributed by atoms with E-state index in [0.717, 1.165) is 23.1 Å². The highest BCUT2D eigenvalue weighted by atomic mass is 32.2. The Morgan fingerprint density at radius 1 is 1.06 bits per heavy atom. The molecule has 2 rings (SSSR count). The number of benzene rings is 1. The van der Waals surface area contributed by atoms with E-state index in [9.17, 15) is 43.4 Å². The van der Waals surface area contributed by atoms with E-state index in [0.29, 0.717) is 0 Å². The SMILES string of the molecule is CCS(=O)(=O)c1cc(N=S(C)(C)=O)ccc1-n1cc(OCC(F)(F)C(F)(F)C(F)(F)F)cn1. The van der Waals surface area contributed by atoms with Gasteiger partial charge in [-0.1, -0.05) is 6.92 Å². The number of hydrogen-bond acceptors (Lipinski definition) is 6. The molecule has 0 spiro atoms. The predicted molar refractivity (Wildman–Crippen MR) is 105 cm³/mol. The zero-order chi connectivity index (χ0) is 25.5. The molecule has 0 bridgehead atoms. The lowest BCUT2D eigenvalue weighted by Gasteiger charge is -2.27. The van der Waals surface area contributed by atoms with Crippen molar-refractivity contribution in [3.05, 3.63) is 30.6 Å². The predicted octanol–water partition coefficient (Wildman–Crippen LogP) is 4.24. The Morgan fingerprint density at radius 2 is 1.67 bits per heavy atom. The van der Waals surface area contributed by atoms with Crippen LogP contribution >= 0.6 is 0 Å². The lowest BCUT2D eigenvalue weighted by molar-refractivity contribution is -0.358. The number of ether oxygens (including phenoxy) is 1. The van der Waals surface area contributed by atoms with Gasteiger partial charge in [0.25, 0.3) is 0 Å². The van der Waals surface area contributed by atoms with Crippen LogP contribution in [0.4, 0.5) is 36.4 Å². The van der Waals surface area contributed by atoms with E-state index < -0.39 is 49.9 Å². The Bertz CT molecular complexity index is 1240. The minimum atomic E-state index is -6.50. The number of nitrogens with zero attached hydrogens (tertiary/aromatic N) is 3. The van der Waals surface area contributed by atoms with Gasteiger partial charge >= 0.3 is 18.0 Å². The van der Waals surface area contributed by atoms with E-state index in [1.807, 2.05) is 0 Å². The standard InChI is InChI=1S/C17H18F7N3O4S2/c1-4-33(29,30)14-7-11(26-32(2,3)28)5-6-13(14)27-9-12(8-25-27)31-10-15(18,19)16(20,21)17(22,23)24/h5-9H,4,10H2,1-3H3. The molecule has 1 heterocycles. The second-order valence-corrected chi connectivity index (χ2v) is 11.8. The van der Waals surface area contributed by atoms with Crippen LogP contribution in [0.2, 0.25) is 0 Å². The minimum absolute atomic E-state index is 0.0680. The van der Waals surface area contributed by atoms with Crippen LogP contribution in [-0.2, 0) is 19.6 Å². The molecule has 0 unspecified atom stereocenters. The van der Waals surface area contributed by atoms with Crippen molar-refractivity contribution in [1.82, 2.24) is 9.78 Å². The van der Waals surface area contributed by atoms with Crippen LogP contribution in [0.25, 0.3) is 5.69 Å².